The van der Waals surface area contributed by atoms with Crippen LogP contribution >= 0.6 is 11.6 Å². The van der Waals surface area contributed by atoms with E-state index in [1.807, 2.05) is 0 Å². The molecule has 1 heterocycles. The second-order valence-electron chi connectivity index (χ2n) is 3.27. The van der Waals surface area contributed by atoms with E-state index in [2.05, 4.69) is 0 Å². The van der Waals surface area contributed by atoms with Gasteiger partial charge in [0.2, 0.25) is 6.29 Å². The molecule has 1 aliphatic rings. The highest BCUT2D eigenvalue weighted by Crippen LogP contribution is 2.28. The van der Waals surface area contributed by atoms with E-state index in [-0.39, 0.29) is 0 Å². The van der Waals surface area contributed by atoms with Gasteiger partial charge in [-0.15, -0.1) is 0 Å². The molecule has 1 aromatic carbocycles. The van der Waals surface area contributed by atoms with Gasteiger partial charge in [-0.2, -0.15) is 0 Å². The van der Waals surface area contributed by atoms with E-state index in [4.69, 9.17) is 25.8 Å². The lowest BCUT2D eigenvalue weighted by Gasteiger charge is -2.24. The normalized spacial score (nSPS) is 20.4. The van der Waals surface area contributed by atoms with Crippen LogP contribution in [0.25, 0.3) is 0 Å². The lowest BCUT2D eigenvalue weighted by Crippen LogP contribution is -2.33. The molecular formula is C11H11ClO4. The Labute approximate surface area is 98.1 Å². The van der Waals surface area contributed by atoms with Gasteiger partial charge in [-0.05, 0) is 12.1 Å². The molecule has 1 saturated heterocycles. The van der Waals surface area contributed by atoms with Crippen LogP contribution in [0.4, 0.5) is 0 Å². The summed E-state index contributed by atoms with van der Waals surface area (Å²) in [7, 11) is 0. The van der Waals surface area contributed by atoms with Gasteiger partial charge in [-0.1, -0.05) is 17.7 Å². The van der Waals surface area contributed by atoms with E-state index >= 15 is 0 Å². The standard InChI is InChI=1S/C11H11ClO4/c12-9-3-1-2-8(6-13)11(9)16-10-7-14-4-5-15-10/h1-3,6,10H,4-5,7H2. The first-order valence-corrected chi connectivity index (χ1v) is 5.29. The first-order chi connectivity index (χ1) is 7.81. The van der Waals surface area contributed by atoms with Gasteiger partial charge in [0.25, 0.3) is 0 Å². The second-order valence-corrected chi connectivity index (χ2v) is 3.68. The van der Waals surface area contributed by atoms with Crippen LogP contribution < -0.4 is 4.74 Å². The van der Waals surface area contributed by atoms with Crippen LogP contribution in [-0.4, -0.2) is 32.4 Å². The molecule has 1 unspecified atom stereocenters. The molecule has 0 aromatic heterocycles. The monoisotopic (exact) mass is 242 g/mol. The summed E-state index contributed by atoms with van der Waals surface area (Å²) in [6, 6.07) is 4.99. The fraction of sp³-hybridized carbons (Fsp3) is 0.364. The molecule has 0 spiro atoms. The third-order valence-corrected chi connectivity index (χ3v) is 2.46. The SMILES string of the molecule is O=Cc1cccc(Cl)c1OC1COCCO1. The molecule has 1 atom stereocenters. The number of halogens is 1. The number of hydrogen-bond donors (Lipinski definition) is 0. The van der Waals surface area contributed by atoms with E-state index in [1.54, 1.807) is 18.2 Å². The van der Waals surface area contributed by atoms with E-state index in [0.29, 0.717) is 42.4 Å². The first-order valence-electron chi connectivity index (χ1n) is 4.91. The number of aldehydes is 1. The van der Waals surface area contributed by atoms with Crippen molar-refractivity contribution in [2.45, 2.75) is 6.29 Å². The fourth-order valence-corrected chi connectivity index (χ4v) is 1.63. The van der Waals surface area contributed by atoms with E-state index < -0.39 is 6.29 Å². The van der Waals surface area contributed by atoms with Gasteiger partial charge in [0.15, 0.2) is 12.0 Å². The second kappa shape index (κ2) is 5.30. The van der Waals surface area contributed by atoms with E-state index in [0.717, 1.165) is 0 Å². The highest BCUT2D eigenvalue weighted by atomic mass is 35.5. The van der Waals surface area contributed by atoms with Crippen molar-refractivity contribution in [2.24, 2.45) is 0 Å². The summed E-state index contributed by atoms with van der Waals surface area (Å²) in [5.74, 6) is 0.342. The lowest BCUT2D eigenvalue weighted by molar-refractivity contribution is -0.170. The van der Waals surface area contributed by atoms with Crippen LogP contribution in [-0.2, 0) is 9.47 Å². The van der Waals surface area contributed by atoms with Crippen molar-refractivity contribution in [1.29, 1.82) is 0 Å². The predicted molar refractivity (Wildman–Crippen MR) is 58.0 cm³/mol. The van der Waals surface area contributed by atoms with Crippen LogP contribution in [0.3, 0.4) is 0 Å². The summed E-state index contributed by atoms with van der Waals surface area (Å²) in [6.45, 7) is 1.37. The van der Waals surface area contributed by atoms with Crippen molar-refractivity contribution in [3.05, 3.63) is 28.8 Å². The summed E-state index contributed by atoms with van der Waals surface area (Å²) in [4.78, 5) is 10.8. The van der Waals surface area contributed by atoms with E-state index in [9.17, 15) is 4.79 Å². The van der Waals surface area contributed by atoms with Gasteiger partial charge in [-0.25, -0.2) is 0 Å². The van der Waals surface area contributed by atoms with Crippen molar-refractivity contribution < 1.29 is 19.0 Å². The molecule has 0 aliphatic carbocycles. The molecule has 86 valence electrons. The molecule has 0 N–H and O–H groups in total. The maximum atomic E-state index is 10.8. The zero-order valence-corrected chi connectivity index (χ0v) is 9.27. The third kappa shape index (κ3) is 2.52. The number of para-hydroxylation sites is 1. The Morgan fingerprint density at radius 1 is 1.44 bits per heavy atom. The van der Waals surface area contributed by atoms with Crippen LogP contribution in [0.5, 0.6) is 5.75 Å². The van der Waals surface area contributed by atoms with Crippen molar-refractivity contribution in [3.63, 3.8) is 0 Å². The van der Waals surface area contributed by atoms with Gasteiger partial charge < -0.3 is 14.2 Å². The number of carbonyl (C=O) groups excluding carboxylic acids is 1. The van der Waals surface area contributed by atoms with E-state index in [1.165, 1.54) is 0 Å². The minimum Gasteiger partial charge on any atom is -0.460 e. The van der Waals surface area contributed by atoms with Crippen LogP contribution in [0.15, 0.2) is 18.2 Å². The predicted octanol–water partition coefficient (Wildman–Crippen LogP) is 1.90. The molecule has 0 radical (unpaired) electrons. The first kappa shape index (κ1) is 11.4. The maximum absolute atomic E-state index is 10.8. The maximum Gasteiger partial charge on any atom is 0.223 e. The average Bonchev–Trinajstić information content (AvgIpc) is 2.33. The van der Waals surface area contributed by atoms with Crippen molar-refractivity contribution in [2.75, 3.05) is 19.8 Å². The number of hydrogen-bond acceptors (Lipinski definition) is 4. The number of carbonyl (C=O) groups is 1. The Balaban J connectivity index is 2.15. The average molecular weight is 243 g/mol. The molecule has 5 heteroatoms. The Hall–Kier alpha value is -1.10. The topological polar surface area (TPSA) is 44.8 Å². The van der Waals surface area contributed by atoms with Gasteiger partial charge >= 0.3 is 0 Å². The molecule has 4 nitrogen and oxygen atoms in total. The lowest BCUT2D eigenvalue weighted by atomic mass is 10.2. The van der Waals surface area contributed by atoms with Crippen molar-refractivity contribution in [3.8, 4) is 5.75 Å². The third-order valence-electron chi connectivity index (χ3n) is 2.16. The van der Waals surface area contributed by atoms with Crippen LogP contribution in [0, 0.1) is 0 Å². The van der Waals surface area contributed by atoms with Crippen LogP contribution in [0.2, 0.25) is 5.02 Å². The van der Waals surface area contributed by atoms with Gasteiger partial charge in [-0.3, -0.25) is 4.79 Å². The molecule has 2 rings (SSSR count). The summed E-state index contributed by atoms with van der Waals surface area (Å²) in [5.41, 5.74) is 0.404. The Morgan fingerprint density at radius 3 is 3.00 bits per heavy atom. The minimum absolute atomic E-state index is 0.337. The molecule has 16 heavy (non-hydrogen) atoms. The summed E-state index contributed by atoms with van der Waals surface area (Å²) < 4.78 is 16.0. The molecular weight excluding hydrogens is 232 g/mol. The van der Waals surface area contributed by atoms with Gasteiger partial charge in [0.1, 0.15) is 6.61 Å². The highest BCUT2D eigenvalue weighted by Gasteiger charge is 2.18. The highest BCUT2D eigenvalue weighted by molar-refractivity contribution is 6.32. The largest absolute Gasteiger partial charge is 0.460 e. The zero-order valence-electron chi connectivity index (χ0n) is 8.52. The number of benzene rings is 1. The molecule has 1 aliphatic heterocycles. The Bertz CT molecular complexity index is 374. The molecule has 0 saturated carbocycles. The summed E-state index contributed by atoms with van der Waals surface area (Å²) >= 11 is 5.95. The minimum atomic E-state index is -0.507. The number of ether oxygens (including phenoxy) is 3. The molecule has 0 bridgehead atoms. The zero-order chi connectivity index (χ0) is 11.4. The quantitative estimate of drug-likeness (QED) is 0.760. The number of rotatable bonds is 3. The fourth-order valence-electron chi connectivity index (χ4n) is 1.41. The Morgan fingerprint density at radius 2 is 2.31 bits per heavy atom. The van der Waals surface area contributed by atoms with Crippen molar-refractivity contribution in [1.82, 2.24) is 0 Å². The molecule has 1 aromatic rings. The van der Waals surface area contributed by atoms with Gasteiger partial charge in [0.05, 0.1) is 23.8 Å². The smallest absolute Gasteiger partial charge is 0.223 e. The molecule has 1 fully saturated rings. The van der Waals surface area contributed by atoms with Gasteiger partial charge in [0, 0.05) is 0 Å². The molecule has 0 amide bonds. The van der Waals surface area contributed by atoms with Crippen LogP contribution in [0.1, 0.15) is 10.4 Å². The van der Waals surface area contributed by atoms with Crippen molar-refractivity contribution >= 4 is 17.9 Å². The Kier molecular flexibility index (Phi) is 3.77. The summed E-state index contributed by atoms with van der Waals surface area (Å²) in [5, 5.41) is 0.388. The summed E-state index contributed by atoms with van der Waals surface area (Å²) in [6.07, 6.45) is 0.192.